The molecule has 2 aliphatic heterocycles. The smallest absolute Gasteiger partial charge is 0.242 e. The Bertz CT molecular complexity index is 813. The second-order valence-electron chi connectivity index (χ2n) is 6.70. The fraction of sp³-hybridized carbons (Fsp3) is 0.300. The van der Waals surface area contributed by atoms with Crippen LogP contribution in [0.2, 0.25) is 0 Å². The number of hydrazine groups is 1. The van der Waals surface area contributed by atoms with Gasteiger partial charge in [-0.3, -0.25) is 15.0 Å². The van der Waals surface area contributed by atoms with Gasteiger partial charge < -0.3 is 10.2 Å². The minimum atomic E-state index is -0.202. The molecule has 0 bridgehead atoms. The van der Waals surface area contributed by atoms with E-state index < -0.39 is 0 Å². The lowest BCUT2D eigenvalue weighted by Crippen LogP contribution is -2.39. The van der Waals surface area contributed by atoms with Crippen molar-refractivity contribution < 1.29 is 9.59 Å². The standard InChI is InChI=1S/C20H22N4O2/c25-19(24-12-10-15-3-1-2-4-18(15)24)13-14-5-7-16(8-6-14)22-20(26)17-9-11-21-23-17/h1-8,17,21,23H,9-13H2,(H,22,26). The molecule has 2 aromatic carbocycles. The number of nitrogens with zero attached hydrogens (tertiary/aromatic N) is 1. The minimum absolute atomic E-state index is 0.0486. The molecule has 1 saturated heterocycles. The van der Waals surface area contributed by atoms with Crippen LogP contribution in [0.1, 0.15) is 17.5 Å². The van der Waals surface area contributed by atoms with Crippen molar-refractivity contribution in [1.82, 2.24) is 10.9 Å². The van der Waals surface area contributed by atoms with Crippen LogP contribution in [0.5, 0.6) is 0 Å². The van der Waals surface area contributed by atoms with Crippen molar-refractivity contribution in [2.75, 3.05) is 23.3 Å². The summed E-state index contributed by atoms with van der Waals surface area (Å²) in [6, 6.07) is 15.4. The molecule has 0 saturated carbocycles. The van der Waals surface area contributed by atoms with Gasteiger partial charge in [0.25, 0.3) is 0 Å². The maximum atomic E-state index is 12.7. The first-order valence-corrected chi connectivity index (χ1v) is 8.97. The molecular formula is C20H22N4O2. The lowest BCUT2D eigenvalue weighted by Gasteiger charge is -2.17. The fourth-order valence-corrected chi connectivity index (χ4v) is 3.48. The number of anilines is 2. The summed E-state index contributed by atoms with van der Waals surface area (Å²) in [6.07, 6.45) is 2.04. The number of fused-ring (bicyclic) bond motifs is 1. The first-order chi connectivity index (χ1) is 12.7. The molecule has 3 N–H and O–H groups in total. The first-order valence-electron chi connectivity index (χ1n) is 8.97. The monoisotopic (exact) mass is 350 g/mol. The zero-order valence-electron chi connectivity index (χ0n) is 14.5. The Hall–Kier alpha value is -2.70. The third kappa shape index (κ3) is 3.47. The van der Waals surface area contributed by atoms with E-state index in [4.69, 9.17) is 0 Å². The molecule has 0 aromatic heterocycles. The van der Waals surface area contributed by atoms with Crippen molar-refractivity contribution in [1.29, 1.82) is 0 Å². The van der Waals surface area contributed by atoms with Gasteiger partial charge in [-0.05, 0) is 42.2 Å². The van der Waals surface area contributed by atoms with Crippen LogP contribution in [0.25, 0.3) is 0 Å². The molecule has 0 spiro atoms. The van der Waals surface area contributed by atoms with Crippen LogP contribution in [0, 0.1) is 0 Å². The van der Waals surface area contributed by atoms with Gasteiger partial charge in [-0.25, -0.2) is 5.43 Å². The maximum Gasteiger partial charge on any atom is 0.242 e. The van der Waals surface area contributed by atoms with Crippen molar-refractivity contribution in [3.63, 3.8) is 0 Å². The van der Waals surface area contributed by atoms with Crippen molar-refractivity contribution in [2.45, 2.75) is 25.3 Å². The third-order valence-corrected chi connectivity index (χ3v) is 4.92. The maximum absolute atomic E-state index is 12.7. The summed E-state index contributed by atoms with van der Waals surface area (Å²) < 4.78 is 0. The van der Waals surface area contributed by atoms with E-state index in [1.54, 1.807) is 0 Å². The SMILES string of the molecule is O=C(Nc1ccc(CC(=O)N2CCc3ccccc32)cc1)C1CCNN1. The number of carbonyl (C=O) groups is 2. The van der Waals surface area contributed by atoms with Gasteiger partial charge >= 0.3 is 0 Å². The van der Waals surface area contributed by atoms with Crippen LogP contribution >= 0.6 is 0 Å². The van der Waals surface area contributed by atoms with Crippen LogP contribution < -0.4 is 21.1 Å². The number of amides is 2. The third-order valence-electron chi connectivity index (χ3n) is 4.92. The molecule has 1 unspecified atom stereocenters. The van der Waals surface area contributed by atoms with Crippen LogP contribution in [0.4, 0.5) is 11.4 Å². The van der Waals surface area contributed by atoms with Crippen molar-refractivity contribution >= 4 is 23.2 Å². The molecule has 134 valence electrons. The van der Waals surface area contributed by atoms with Crippen LogP contribution in [0.3, 0.4) is 0 Å². The van der Waals surface area contributed by atoms with Gasteiger partial charge in [-0.2, -0.15) is 0 Å². The highest BCUT2D eigenvalue weighted by Crippen LogP contribution is 2.28. The second kappa shape index (κ2) is 7.27. The van der Waals surface area contributed by atoms with Gasteiger partial charge in [0, 0.05) is 24.5 Å². The highest BCUT2D eigenvalue weighted by atomic mass is 16.2. The lowest BCUT2D eigenvalue weighted by molar-refractivity contribution is -0.118. The zero-order valence-corrected chi connectivity index (χ0v) is 14.5. The Morgan fingerprint density at radius 1 is 1.12 bits per heavy atom. The Balaban J connectivity index is 1.37. The summed E-state index contributed by atoms with van der Waals surface area (Å²) >= 11 is 0. The lowest BCUT2D eigenvalue weighted by atomic mass is 10.1. The van der Waals surface area contributed by atoms with Gasteiger partial charge in [0.2, 0.25) is 11.8 Å². The van der Waals surface area contributed by atoms with Crippen LogP contribution in [-0.4, -0.2) is 30.9 Å². The molecule has 6 heteroatoms. The largest absolute Gasteiger partial charge is 0.325 e. The number of hydrogen-bond acceptors (Lipinski definition) is 4. The van der Waals surface area contributed by atoms with Crippen LogP contribution in [0.15, 0.2) is 48.5 Å². The van der Waals surface area contributed by atoms with Crippen molar-refractivity contribution in [3.05, 3.63) is 59.7 Å². The molecule has 2 heterocycles. The molecule has 0 radical (unpaired) electrons. The van der Waals surface area contributed by atoms with Crippen molar-refractivity contribution in [3.8, 4) is 0 Å². The minimum Gasteiger partial charge on any atom is -0.325 e. The molecule has 0 aliphatic carbocycles. The zero-order chi connectivity index (χ0) is 17.9. The van der Waals surface area contributed by atoms with E-state index in [1.807, 2.05) is 47.4 Å². The fourth-order valence-electron chi connectivity index (χ4n) is 3.48. The molecule has 4 rings (SSSR count). The molecule has 2 aliphatic rings. The summed E-state index contributed by atoms with van der Waals surface area (Å²) in [5.41, 5.74) is 9.83. The van der Waals surface area contributed by atoms with E-state index >= 15 is 0 Å². The molecule has 1 atom stereocenters. The van der Waals surface area contributed by atoms with Gasteiger partial charge in [0.1, 0.15) is 6.04 Å². The number of benzene rings is 2. The normalized spacial score (nSPS) is 18.6. The molecule has 2 aromatic rings. The summed E-state index contributed by atoms with van der Waals surface area (Å²) in [4.78, 5) is 26.6. The number of carbonyl (C=O) groups excluding carboxylic acids is 2. The Labute approximate surface area is 152 Å². The van der Waals surface area contributed by atoms with Gasteiger partial charge in [-0.1, -0.05) is 30.3 Å². The number of nitrogens with one attached hydrogen (secondary N) is 3. The van der Waals surface area contributed by atoms with E-state index in [1.165, 1.54) is 5.56 Å². The predicted octanol–water partition coefficient (Wildman–Crippen LogP) is 1.62. The summed E-state index contributed by atoms with van der Waals surface area (Å²) in [5, 5.41) is 2.90. The van der Waals surface area contributed by atoms with Gasteiger partial charge in [-0.15, -0.1) is 0 Å². The number of rotatable bonds is 4. The Kier molecular flexibility index (Phi) is 4.69. The first kappa shape index (κ1) is 16.8. The number of hydrogen-bond donors (Lipinski definition) is 3. The van der Waals surface area contributed by atoms with E-state index in [0.717, 1.165) is 42.9 Å². The summed E-state index contributed by atoms with van der Waals surface area (Å²) in [5.74, 6) is 0.0560. The molecule has 2 amide bonds. The van der Waals surface area contributed by atoms with E-state index in [9.17, 15) is 9.59 Å². The van der Waals surface area contributed by atoms with E-state index in [2.05, 4.69) is 22.2 Å². The van der Waals surface area contributed by atoms with Gasteiger partial charge in [0.15, 0.2) is 0 Å². The van der Waals surface area contributed by atoms with Crippen molar-refractivity contribution in [2.24, 2.45) is 0 Å². The molecular weight excluding hydrogens is 328 g/mol. The van der Waals surface area contributed by atoms with Gasteiger partial charge in [0.05, 0.1) is 6.42 Å². The van der Waals surface area contributed by atoms with E-state index in [0.29, 0.717) is 6.42 Å². The van der Waals surface area contributed by atoms with E-state index in [-0.39, 0.29) is 17.9 Å². The molecule has 26 heavy (non-hydrogen) atoms. The summed E-state index contributed by atoms with van der Waals surface area (Å²) in [6.45, 7) is 1.54. The number of para-hydroxylation sites is 1. The Morgan fingerprint density at radius 3 is 2.69 bits per heavy atom. The quantitative estimate of drug-likeness (QED) is 0.784. The average molecular weight is 350 g/mol. The van der Waals surface area contributed by atoms with Crippen LogP contribution in [-0.2, 0) is 22.4 Å². The highest BCUT2D eigenvalue weighted by molar-refractivity contribution is 5.97. The topological polar surface area (TPSA) is 73.5 Å². The average Bonchev–Trinajstić information content (AvgIpc) is 3.33. The molecule has 1 fully saturated rings. The predicted molar refractivity (Wildman–Crippen MR) is 101 cm³/mol. The molecule has 6 nitrogen and oxygen atoms in total. The summed E-state index contributed by atoms with van der Waals surface area (Å²) in [7, 11) is 0. The highest BCUT2D eigenvalue weighted by Gasteiger charge is 2.24. The second-order valence-corrected chi connectivity index (χ2v) is 6.70. The Morgan fingerprint density at radius 2 is 1.92 bits per heavy atom.